The number of furan rings is 1. The van der Waals surface area contributed by atoms with Crippen LogP contribution in [0.4, 0.5) is 0 Å². The quantitative estimate of drug-likeness (QED) is 0.311. The van der Waals surface area contributed by atoms with E-state index in [2.05, 4.69) is 47.8 Å². The SMILES string of the molecule is C=CCCCCCN(C)C(=NC)NCC(c1ccco1)N(C)C. The zero-order valence-electron chi connectivity index (χ0n) is 15.1. The molecule has 0 aliphatic carbocycles. The van der Waals surface area contributed by atoms with Crippen molar-refractivity contribution in [1.29, 1.82) is 0 Å². The molecule has 1 heterocycles. The monoisotopic (exact) mass is 320 g/mol. The second-order valence-corrected chi connectivity index (χ2v) is 5.98. The number of nitrogens with zero attached hydrogens (tertiary/aromatic N) is 3. The molecule has 1 aromatic heterocycles. The summed E-state index contributed by atoms with van der Waals surface area (Å²) in [6.45, 7) is 5.52. The van der Waals surface area contributed by atoms with Gasteiger partial charge in [-0.1, -0.05) is 12.5 Å². The van der Waals surface area contributed by atoms with Gasteiger partial charge in [0.25, 0.3) is 0 Å². The second kappa shape index (κ2) is 10.9. The maximum atomic E-state index is 5.54. The molecule has 0 bridgehead atoms. The summed E-state index contributed by atoms with van der Waals surface area (Å²) >= 11 is 0. The molecular weight excluding hydrogens is 288 g/mol. The molecule has 0 radical (unpaired) electrons. The van der Waals surface area contributed by atoms with Gasteiger partial charge < -0.3 is 14.6 Å². The Morgan fingerprint density at radius 1 is 1.35 bits per heavy atom. The van der Waals surface area contributed by atoms with Gasteiger partial charge >= 0.3 is 0 Å². The molecule has 0 fully saturated rings. The third-order valence-electron chi connectivity index (χ3n) is 3.92. The van der Waals surface area contributed by atoms with Crippen LogP contribution in [0, 0.1) is 0 Å². The van der Waals surface area contributed by atoms with E-state index in [1.807, 2.05) is 25.3 Å². The maximum Gasteiger partial charge on any atom is 0.193 e. The first-order chi connectivity index (χ1) is 11.1. The van der Waals surface area contributed by atoms with E-state index in [-0.39, 0.29) is 6.04 Å². The summed E-state index contributed by atoms with van der Waals surface area (Å²) < 4.78 is 5.54. The van der Waals surface area contributed by atoms with Gasteiger partial charge in [-0.05, 0) is 45.5 Å². The van der Waals surface area contributed by atoms with Crippen molar-refractivity contribution in [3.63, 3.8) is 0 Å². The molecule has 1 unspecified atom stereocenters. The van der Waals surface area contributed by atoms with E-state index in [4.69, 9.17) is 4.42 Å². The van der Waals surface area contributed by atoms with Gasteiger partial charge in [0.05, 0.1) is 12.3 Å². The Morgan fingerprint density at radius 3 is 2.70 bits per heavy atom. The lowest BCUT2D eigenvalue weighted by Crippen LogP contribution is -2.43. The standard InChI is InChI=1S/C18H32N4O/c1-6-7-8-9-10-13-22(5)18(19-2)20-15-16(21(3)4)17-12-11-14-23-17/h6,11-12,14,16H,1,7-10,13,15H2,2-5H3,(H,19,20). The highest BCUT2D eigenvalue weighted by Crippen LogP contribution is 2.17. The first-order valence-corrected chi connectivity index (χ1v) is 8.32. The number of likely N-dealkylation sites (N-methyl/N-ethyl adjacent to an activating group) is 1. The molecule has 5 nitrogen and oxygen atoms in total. The lowest BCUT2D eigenvalue weighted by atomic mass is 10.2. The molecule has 0 amide bonds. The maximum absolute atomic E-state index is 5.54. The van der Waals surface area contributed by atoms with Gasteiger partial charge in [-0.2, -0.15) is 0 Å². The third kappa shape index (κ3) is 6.91. The van der Waals surface area contributed by atoms with Gasteiger partial charge in [0.1, 0.15) is 5.76 Å². The van der Waals surface area contributed by atoms with Crippen molar-refractivity contribution in [1.82, 2.24) is 15.1 Å². The van der Waals surface area contributed by atoms with E-state index >= 15 is 0 Å². The smallest absolute Gasteiger partial charge is 0.193 e. The van der Waals surface area contributed by atoms with Gasteiger partial charge in [-0.25, -0.2) is 0 Å². The topological polar surface area (TPSA) is 44.0 Å². The van der Waals surface area contributed by atoms with Crippen LogP contribution < -0.4 is 5.32 Å². The van der Waals surface area contributed by atoms with Crippen molar-refractivity contribution in [3.8, 4) is 0 Å². The molecular formula is C18H32N4O. The fourth-order valence-electron chi connectivity index (χ4n) is 2.51. The average molecular weight is 320 g/mol. The molecule has 23 heavy (non-hydrogen) atoms. The molecule has 0 saturated carbocycles. The van der Waals surface area contributed by atoms with Gasteiger partial charge in [0.15, 0.2) is 5.96 Å². The number of rotatable bonds is 10. The molecule has 1 rings (SSSR count). The molecule has 1 N–H and O–H groups in total. The Hall–Kier alpha value is -1.75. The highest BCUT2D eigenvalue weighted by Gasteiger charge is 2.18. The van der Waals surface area contributed by atoms with Crippen molar-refractivity contribution in [3.05, 3.63) is 36.8 Å². The summed E-state index contributed by atoms with van der Waals surface area (Å²) in [5, 5.41) is 3.45. The molecule has 0 saturated heterocycles. The minimum atomic E-state index is 0.183. The Labute approximate surface area is 141 Å². The minimum Gasteiger partial charge on any atom is -0.468 e. The van der Waals surface area contributed by atoms with E-state index in [0.29, 0.717) is 0 Å². The first kappa shape index (κ1) is 19.3. The van der Waals surface area contributed by atoms with Crippen LogP contribution in [0.25, 0.3) is 0 Å². The van der Waals surface area contributed by atoms with Crippen molar-refractivity contribution in [2.24, 2.45) is 4.99 Å². The largest absolute Gasteiger partial charge is 0.468 e. The number of nitrogens with one attached hydrogen (secondary N) is 1. The Kier molecular flexibility index (Phi) is 9.14. The minimum absolute atomic E-state index is 0.183. The second-order valence-electron chi connectivity index (χ2n) is 5.98. The van der Waals surface area contributed by atoms with Crippen molar-refractivity contribution in [2.45, 2.75) is 31.7 Å². The highest BCUT2D eigenvalue weighted by molar-refractivity contribution is 5.79. The molecule has 130 valence electrons. The van der Waals surface area contributed by atoms with E-state index in [9.17, 15) is 0 Å². The van der Waals surface area contributed by atoms with Crippen LogP contribution in [0.1, 0.15) is 37.5 Å². The fourth-order valence-corrected chi connectivity index (χ4v) is 2.51. The lowest BCUT2D eigenvalue weighted by molar-refractivity contribution is 0.256. The Balaban J connectivity index is 2.44. The zero-order valence-corrected chi connectivity index (χ0v) is 15.1. The summed E-state index contributed by atoms with van der Waals surface area (Å²) in [6.07, 6.45) is 8.41. The third-order valence-corrected chi connectivity index (χ3v) is 3.92. The predicted octanol–water partition coefficient (Wildman–Crippen LogP) is 3.14. The molecule has 5 heteroatoms. The highest BCUT2D eigenvalue weighted by atomic mass is 16.3. The summed E-state index contributed by atoms with van der Waals surface area (Å²) in [5.41, 5.74) is 0. The molecule has 1 aromatic rings. The molecule has 0 spiro atoms. The normalized spacial score (nSPS) is 13.2. The van der Waals surface area contributed by atoms with Crippen LogP contribution in [-0.2, 0) is 0 Å². The van der Waals surface area contributed by atoms with Crippen LogP contribution in [-0.4, -0.2) is 57.0 Å². The van der Waals surface area contributed by atoms with Gasteiger partial charge in [-0.15, -0.1) is 6.58 Å². The van der Waals surface area contributed by atoms with Crippen molar-refractivity contribution in [2.75, 3.05) is 41.3 Å². The molecule has 0 aliphatic heterocycles. The van der Waals surface area contributed by atoms with Gasteiger partial charge in [-0.3, -0.25) is 9.89 Å². The summed E-state index contributed by atoms with van der Waals surface area (Å²) in [4.78, 5) is 8.71. The van der Waals surface area contributed by atoms with E-state index in [0.717, 1.165) is 31.2 Å². The Morgan fingerprint density at radius 2 is 2.13 bits per heavy atom. The fraction of sp³-hybridized carbons (Fsp3) is 0.611. The lowest BCUT2D eigenvalue weighted by Gasteiger charge is -2.27. The zero-order chi connectivity index (χ0) is 17.1. The number of hydrogen-bond acceptors (Lipinski definition) is 3. The van der Waals surface area contributed by atoms with E-state index < -0.39 is 0 Å². The van der Waals surface area contributed by atoms with Crippen LogP contribution in [0.5, 0.6) is 0 Å². The van der Waals surface area contributed by atoms with E-state index in [1.54, 1.807) is 6.26 Å². The summed E-state index contributed by atoms with van der Waals surface area (Å²) in [7, 11) is 8.02. The van der Waals surface area contributed by atoms with E-state index in [1.165, 1.54) is 19.3 Å². The van der Waals surface area contributed by atoms with Crippen LogP contribution in [0.15, 0.2) is 40.5 Å². The van der Waals surface area contributed by atoms with Crippen LogP contribution >= 0.6 is 0 Å². The van der Waals surface area contributed by atoms with Gasteiger partial charge in [0.2, 0.25) is 0 Å². The van der Waals surface area contributed by atoms with Crippen LogP contribution in [0.2, 0.25) is 0 Å². The number of hydrogen-bond donors (Lipinski definition) is 1. The van der Waals surface area contributed by atoms with Gasteiger partial charge in [0, 0.05) is 27.2 Å². The van der Waals surface area contributed by atoms with Crippen molar-refractivity contribution < 1.29 is 4.42 Å². The first-order valence-electron chi connectivity index (χ1n) is 8.32. The number of aliphatic imine (C=N–C) groups is 1. The Bertz CT molecular complexity index is 454. The summed E-state index contributed by atoms with van der Waals surface area (Å²) in [5.74, 6) is 1.89. The molecule has 0 aliphatic rings. The summed E-state index contributed by atoms with van der Waals surface area (Å²) in [6, 6.07) is 4.12. The number of guanidine groups is 1. The number of allylic oxidation sites excluding steroid dienone is 1. The predicted molar refractivity (Wildman–Crippen MR) is 97.8 cm³/mol. The molecule has 0 aromatic carbocycles. The number of unbranched alkanes of at least 4 members (excludes halogenated alkanes) is 3. The molecule has 1 atom stereocenters. The average Bonchev–Trinajstić information content (AvgIpc) is 3.04. The van der Waals surface area contributed by atoms with Crippen molar-refractivity contribution >= 4 is 5.96 Å². The van der Waals surface area contributed by atoms with Crippen LogP contribution in [0.3, 0.4) is 0 Å².